The van der Waals surface area contributed by atoms with Crippen molar-refractivity contribution in [2.45, 2.75) is 5.72 Å². The third-order valence-electron chi connectivity index (χ3n) is 2.77. The van der Waals surface area contributed by atoms with Crippen LogP contribution in [0.3, 0.4) is 0 Å². The molecule has 0 aromatic heterocycles. The summed E-state index contributed by atoms with van der Waals surface area (Å²) < 4.78 is 10.1. The summed E-state index contributed by atoms with van der Waals surface area (Å²) in [6, 6.07) is 6.39. The molecule has 2 N–H and O–H groups in total. The van der Waals surface area contributed by atoms with E-state index < -0.39 is 11.7 Å². The topological polar surface area (TPSA) is 94.8 Å². The molecule has 1 atom stereocenters. The smallest absolute Gasteiger partial charge is 0.330 e. The summed E-state index contributed by atoms with van der Waals surface area (Å²) in [5.41, 5.74) is -0.996. The van der Waals surface area contributed by atoms with Crippen LogP contribution in [0.15, 0.2) is 36.9 Å². The number of hydrogen-bond donors (Lipinski definition) is 2. The molecule has 0 bridgehead atoms. The van der Waals surface area contributed by atoms with E-state index >= 15 is 0 Å². The van der Waals surface area contributed by atoms with E-state index in [0.29, 0.717) is 11.3 Å². The fraction of sp³-hybridized carbons (Fsp3) is 0.286. The maximum absolute atomic E-state index is 11.8. The SMILES string of the molecule is C=CC(=O)OCCOc1ccc(C(=O)C2(O)CN2)cc1. The maximum Gasteiger partial charge on any atom is 0.330 e. The molecule has 1 aromatic carbocycles. The Bertz CT molecular complexity index is 519. The van der Waals surface area contributed by atoms with Gasteiger partial charge in [-0.2, -0.15) is 0 Å². The second kappa shape index (κ2) is 5.85. The van der Waals surface area contributed by atoms with Crippen LogP contribution in [0.25, 0.3) is 0 Å². The number of hydrogen-bond acceptors (Lipinski definition) is 6. The fourth-order valence-corrected chi connectivity index (χ4v) is 1.55. The average Bonchev–Trinajstić information content (AvgIpc) is 3.22. The number of Topliss-reactive ketones (excluding diaryl/α,β-unsaturated/α-hetero) is 1. The van der Waals surface area contributed by atoms with Gasteiger partial charge in [0.1, 0.15) is 19.0 Å². The van der Waals surface area contributed by atoms with Crippen molar-refractivity contribution in [2.75, 3.05) is 19.8 Å². The van der Waals surface area contributed by atoms with E-state index in [1.54, 1.807) is 24.3 Å². The van der Waals surface area contributed by atoms with Gasteiger partial charge in [0.15, 0.2) is 5.72 Å². The number of ether oxygens (including phenoxy) is 2. The van der Waals surface area contributed by atoms with Crippen LogP contribution >= 0.6 is 0 Å². The molecule has 1 aliphatic heterocycles. The third kappa shape index (κ3) is 3.43. The van der Waals surface area contributed by atoms with Crippen molar-refractivity contribution in [2.24, 2.45) is 0 Å². The minimum Gasteiger partial charge on any atom is -0.490 e. The molecule has 0 spiro atoms. The van der Waals surface area contributed by atoms with Crippen molar-refractivity contribution < 1.29 is 24.2 Å². The van der Waals surface area contributed by atoms with Gasteiger partial charge in [0.25, 0.3) is 0 Å². The highest BCUT2D eigenvalue weighted by Crippen LogP contribution is 2.21. The molecular formula is C14H15NO5. The van der Waals surface area contributed by atoms with Gasteiger partial charge in [0.2, 0.25) is 5.78 Å². The number of esters is 1. The highest BCUT2D eigenvalue weighted by molar-refractivity contribution is 6.04. The van der Waals surface area contributed by atoms with Gasteiger partial charge < -0.3 is 14.6 Å². The Kier molecular flexibility index (Phi) is 4.16. The molecule has 20 heavy (non-hydrogen) atoms. The maximum atomic E-state index is 11.8. The minimum absolute atomic E-state index is 0.120. The largest absolute Gasteiger partial charge is 0.490 e. The lowest BCUT2D eigenvalue weighted by Gasteiger charge is -2.08. The first kappa shape index (κ1) is 14.2. The second-order valence-corrected chi connectivity index (χ2v) is 4.29. The van der Waals surface area contributed by atoms with Crippen molar-refractivity contribution in [3.8, 4) is 5.75 Å². The van der Waals surface area contributed by atoms with Gasteiger partial charge in [-0.05, 0) is 24.3 Å². The van der Waals surface area contributed by atoms with Gasteiger partial charge in [0, 0.05) is 18.2 Å². The molecule has 0 aliphatic carbocycles. The number of rotatable bonds is 7. The zero-order valence-corrected chi connectivity index (χ0v) is 10.8. The second-order valence-electron chi connectivity index (χ2n) is 4.29. The van der Waals surface area contributed by atoms with Crippen LogP contribution in [0.4, 0.5) is 0 Å². The van der Waals surface area contributed by atoms with Crippen LogP contribution in [0, 0.1) is 0 Å². The summed E-state index contributed by atoms with van der Waals surface area (Å²) in [7, 11) is 0. The number of benzene rings is 1. The van der Waals surface area contributed by atoms with Crippen LogP contribution in [-0.2, 0) is 9.53 Å². The van der Waals surface area contributed by atoms with Crippen LogP contribution < -0.4 is 10.1 Å². The van der Waals surface area contributed by atoms with Crippen molar-refractivity contribution in [3.05, 3.63) is 42.5 Å². The van der Waals surface area contributed by atoms with Gasteiger partial charge >= 0.3 is 5.97 Å². The van der Waals surface area contributed by atoms with E-state index in [1.807, 2.05) is 0 Å². The van der Waals surface area contributed by atoms with E-state index in [9.17, 15) is 14.7 Å². The number of nitrogens with one attached hydrogen (secondary N) is 1. The molecule has 1 fully saturated rings. The molecule has 1 aliphatic rings. The van der Waals surface area contributed by atoms with Crippen LogP contribution in [0.5, 0.6) is 5.75 Å². The highest BCUT2D eigenvalue weighted by Gasteiger charge is 2.47. The summed E-state index contributed by atoms with van der Waals surface area (Å²) in [6.07, 6.45) is 1.08. The quantitative estimate of drug-likeness (QED) is 0.244. The highest BCUT2D eigenvalue weighted by atomic mass is 16.6. The summed E-state index contributed by atoms with van der Waals surface area (Å²) >= 11 is 0. The van der Waals surface area contributed by atoms with Gasteiger partial charge in [0.05, 0.1) is 0 Å². The monoisotopic (exact) mass is 277 g/mol. The molecule has 0 saturated carbocycles. The van der Waals surface area contributed by atoms with E-state index in [4.69, 9.17) is 9.47 Å². The van der Waals surface area contributed by atoms with E-state index in [1.165, 1.54) is 0 Å². The lowest BCUT2D eigenvalue weighted by atomic mass is 10.1. The molecule has 6 nitrogen and oxygen atoms in total. The summed E-state index contributed by atoms with van der Waals surface area (Å²) in [6.45, 7) is 3.88. The van der Waals surface area contributed by atoms with E-state index in [-0.39, 0.29) is 25.5 Å². The van der Waals surface area contributed by atoms with Crippen molar-refractivity contribution >= 4 is 11.8 Å². The Morgan fingerprint density at radius 2 is 2.00 bits per heavy atom. The molecule has 6 heteroatoms. The number of β-amino-alcohol motifs (C(OH)–C–C–N with tert-alkyl or cyclic N) is 1. The van der Waals surface area contributed by atoms with Gasteiger partial charge in [-0.15, -0.1) is 0 Å². The molecule has 1 heterocycles. The minimum atomic E-state index is -1.40. The van der Waals surface area contributed by atoms with Crippen molar-refractivity contribution in [3.63, 3.8) is 0 Å². The Labute approximate surface area is 116 Å². The van der Waals surface area contributed by atoms with Crippen LogP contribution in [0.1, 0.15) is 10.4 Å². The number of carbonyl (C=O) groups excluding carboxylic acids is 2. The fourth-order valence-electron chi connectivity index (χ4n) is 1.55. The Balaban J connectivity index is 1.81. The number of carbonyl (C=O) groups is 2. The standard InChI is InChI=1S/C14H15NO5/c1-2-12(16)20-8-7-19-11-5-3-10(4-6-11)13(17)14(18)9-15-14/h2-6,15,18H,1,7-9H2. The lowest BCUT2D eigenvalue weighted by molar-refractivity contribution is -0.138. The van der Waals surface area contributed by atoms with E-state index in [2.05, 4.69) is 11.9 Å². The van der Waals surface area contributed by atoms with Crippen molar-refractivity contribution in [1.82, 2.24) is 5.32 Å². The first-order valence-corrected chi connectivity index (χ1v) is 6.09. The molecule has 106 valence electrons. The zero-order valence-electron chi connectivity index (χ0n) is 10.8. The molecule has 1 unspecified atom stereocenters. The molecule has 0 radical (unpaired) electrons. The number of aliphatic hydroxyl groups is 1. The summed E-state index contributed by atoms with van der Waals surface area (Å²) in [5, 5.41) is 12.2. The first-order chi connectivity index (χ1) is 9.55. The normalized spacial score (nSPS) is 20.1. The third-order valence-corrected chi connectivity index (χ3v) is 2.77. The van der Waals surface area contributed by atoms with Crippen LogP contribution in [-0.4, -0.2) is 42.3 Å². The van der Waals surface area contributed by atoms with Crippen molar-refractivity contribution in [1.29, 1.82) is 0 Å². The zero-order chi connectivity index (χ0) is 14.6. The molecule has 1 aromatic rings. The van der Waals surface area contributed by atoms with Gasteiger partial charge in [-0.3, -0.25) is 10.1 Å². The average molecular weight is 277 g/mol. The summed E-state index contributed by atoms with van der Waals surface area (Å²) in [5.74, 6) is -0.310. The Morgan fingerprint density at radius 1 is 1.35 bits per heavy atom. The first-order valence-electron chi connectivity index (χ1n) is 6.09. The summed E-state index contributed by atoms with van der Waals surface area (Å²) in [4.78, 5) is 22.6. The molecular weight excluding hydrogens is 262 g/mol. The van der Waals surface area contributed by atoms with Gasteiger partial charge in [-0.25, -0.2) is 4.79 Å². The van der Waals surface area contributed by atoms with Gasteiger partial charge in [-0.1, -0.05) is 6.58 Å². The Hall–Kier alpha value is -2.18. The van der Waals surface area contributed by atoms with E-state index in [0.717, 1.165) is 6.08 Å². The molecule has 2 rings (SSSR count). The molecule has 0 amide bonds. The lowest BCUT2D eigenvalue weighted by Crippen LogP contribution is -2.27. The predicted octanol–water partition coefficient (Wildman–Crippen LogP) is 0.269. The van der Waals surface area contributed by atoms with Crippen LogP contribution in [0.2, 0.25) is 0 Å². The predicted molar refractivity (Wildman–Crippen MR) is 70.4 cm³/mol. The molecule has 1 saturated heterocycles. The Morgan fingerprint density at radius 3 is 2.55 bits per heavy atom. The number of ketones is 1.